The van der Waals surface area contributed by atoms with Crippen LogP contribution in [0.3, 0.4) is 0 Å². The average molecular weight is 369 g/mol. The van der Waals surface area contributed by atoms with Crippen LogP contribution in [-0.4, -0.2) is 32.3 Å². The first-order valence-electron chi connectivity index (χ1n) is 8.39. The van der Waals surface area contributed by atoms with E-state index in [1.54, 1.807) is 0 Å². The molecule has 0 radical (unpaired) electrons. The van der Waals surface area contributed by atoms with Crippen LogP contribution in [0.5, 0.6) is 0 Å². The third-order valence-electron chi connectivity index (χ3n) is 4.30. The van der Waals surface area contributed by atoms with E-state index in [2.05, 4.69) is 10.0 Å². The molecular formula is C16H23N3O5S. The molecule has 1 fully saturated rings. The molecular weight excluding hydrogens is 346 g/mol. The zero-order valence-electron chi connectivity index (χ0n) is 13.9. The van der Waals surface area contributed by atoms with Crippen molar-refractivity contribution in [3.8, 4) is 0 Å². The molecule has 0 atom stereocenters. The molecule has 0 heterocycles. The molecule has 1 saturated carbocycles. The molecule has 0 aliphatic heterocycles. The van der Waals surface area contributed by atoms with E-state index in [1.807, 2.05) is 0 Å². The van der Waals surface area contributed by atoms with E-state index in [0.717, 1.165) is 25.0 Å². The number of nitrogens with one attached hydrogen (secondary N) is 2. The summed E-state index contributed by atoms with van der Waals surface area (Å²) in [6.45, 7) is 0.271. The molecule has 2 rings (SSSR count). The van der Waals surface area contributed by atoms with Crippen molar-refractivity contribution in [2.24, 2.45) is 5.92 Å². The largest absolute Gasteiger partial charge is 0.355 e. The predicted molar refractivity (Wildman–Crippen MR) is 92.5 cm³/mol. The second-order valence-corrected chi connectivity index (χ2v) is 7.97. The van der Waals surface area contributed by atoms with E-state index in [9.17, 15) is 23.3 Å². The van der Waals surface area contributed by atoms with Gasteiger partial charge >= 0.3 is 0 Å². The highest BCUT2D eigenvalue weighted by Crippen LogP contribution is 2.25. The number of nitrogens with zero attached hydrogens (tertiary/aromatic N) is 1. The van der Waals surface area contributed by atoms with Gasteiger partial charge in [0.15, 0.2) is 0 Å². The van der Waals surface area contributed by atoms with Gasteiger partial charge in [0.05, 0.1) is 9.82 Å². The quantitative estimate of drug-likeness (QED) is 0.412. The number of nitro groups is 1. The Morgan fingerprint density at radius 1 is 1.12 bits per heavy atom. The molecule has 0 aromatic heterocycles. The van der Waals surface area contributed by atoms with Crippen LogP contribution in [0.1, 0.15) is 38.5 Å². The summed E-state index contributed by atoms with van der Waals surface area (Å²) in [6, 6.07) is 4.64. The second kappa shape index (κ2) is 8.91. The monoisotopic (exact) mass is 369 g/mol. The molecule has 0 bridgehead atoms. The van der Waals surface area contributed by atoms with Crippen LogP contribution in [0, 0.1) is 16.0 Å². The van der Waals surface area contributed by atoms with E-state index in [0.29, 0.717) is 12.3 Å². The standard InChI is InChI=1S/C16H23N3O5S/c20-16(12-13-4-2-1-3-5-13)17-10-11-18-25(23,24)15-8-6-14(7-9-15)19(21)22/h6-9,13,18H,1-5,10-12H2,(H,17,20). The fourth-order valence-corrected chi connectivity index (χ4v) is 3.98. The predicted octanol–water partition coefficient (Wildman–Crippen LogP) is 1.96. The van der Waals surface area contributed by atoms with Crippen molar-refractivity contribution in [1.29, 1.82) is 0 Å². The van der Waals surface area contributed by atoms with Crippen LogP contribution in [0.2, 0.25) is 0 Å². The summed E-state index contributed by atoms with van der Waals surface area (Å²) in [6.07, 6.45) is 6.25. The Hall–Kier alpha value is -2.00. The molecule has 138 valence electrons. The second-order valence-electron chi connectivity index (χ2n) is 6.21. The van der Waals surface area contributed by atoms with Crippen LogP contribution in [0.25, 0.3) is 0 Å². The van der Waals surface area contributed by atoms with Crippen LogP contribution in [0.15, 0.2) is 29.2 Å². The number of benzene rings is 1. The fraction of sp³-hybridized carbons (Fsp3) is 0.562. The third kappa shape index (κ3) is 6.09. The van der Waals surface area contributed by atoms with Gasteiger partial charge in [0.25, 0.3) is 5.69 Å². The van der Waals surface area contributed by atoms with Crippen molar-refractivity contribution in [2.75, 3.05) is 13.1 Å². The van der Waals surface area contributed by atoms with Crippen molar-refractivity contribution in [3.05, 3.63) is 34.4 Å². The molecule has 9 heteroatoms. The van der Waals surface area contributed by atoms with Gasteiger partial charge in [-0.25, -0.2) is 13.1 Å². The molecule has 0 saturated heterocycles. The lowest BCUT2D eigenvalue weighted by Gasteiger charge is -2.20. The van der Waals surface area contributed by atoms with Gasteiger partial charge in [0, 0.05) is 31.6 Å². The van der Waals surface area contributed by atoms with Gasteiger partial charge in [0.2, 0.25) is 15.9 Å². The minimum Gasteiger partial charge on any atom is -0.355 e. The third-order valence-corrected chi connectivity index (χ3v) is 5.77. The van der Waals surface area contributed by atoms with E-state index in [1.165, 1.54) is 31.4 Å². The van der Waals surface area contributed by atoms with E-state index in [-0.39, 0.29) is 29.6 Å². The van der Waals surface area contributed by atoms with E-state index >= 15 is 0 Å². The molecule has 25 heavy (non-hydrogen) atoms. The molecule has 1 amide bonds. The first-order chi connectivity index (χ1) is 11.9. The number of rotatable bonds is 8. The normalized spacial score (nSPS) is 15.7. The fourth-order valence-electron chi connectivity index (χ4n) is 2.94. The van der Waals surface area contributed by atoms with Crippen molar-refractivity contribution in [1.82, 2.24) is 10.0 Å². The Morgan fingerprint density at radius 3 is 2.36 bits per heavy atom. The van der Waals surface area contributed by atoms with Crippen LogP contribution < -0.4 is 10.0 Å². The number of amides is 1. The summed E-state index contributed by atoms with van der Waals surface area (Å²) in [5.41, 5.74) is -0.172. The highest BCUT2D eigenvalue weighted by molar-refractivity contribution is 7.89. The van der Waals surface area contributed by atoms with Gasteiger partial charge in [-0.3, -0.25) is 14.9 Å². The highest BCUT2D eigenvalue weighted by atomic mass is 32.2. The molecule has 8 nitrogen and oxygen atoms in total. The Morgan fingerprint density at radius 2 is 1.76 bits per heavy atom. The molecule has 0 spiro atoms. The van der Waals surface area contributed by atoms with Crippen LogP contribution in [-0.2, 0) is 14.8 Å². The van der Waals surface area contributed by atoms with Gasteiger partial charge in [-0.2, -0.15) is 0 Å². The maximum atomic E-state index is 12.1. The molecule has 1 aromatic carbocycles. The van der Waals surface area contributed by atoms with Gasteiger partial charge in [-0.05, 0) is 30.9 Å². The zero-order chi connectivity index (χ0) is 18.3. The van der Waals surface area contributed by atoms with Gasteiger partial charge in [-0.1, -0.05) is 19.3 Å². The number of carbonyl (C=O) groups is 1. The summed E-state index contributed by atoms with van der Waals surface area (Å²) in [5, 5.41) is 13.3. The lowest BCUT2D eigenvalue weighted by molar-refractivity contribution is -0.384. The molecule has 1 aliphatic rings. The summed E-state index contributed by atoms with van der Waals surface area (Å²) in [7, 11) is -3.75. The number of sulfonamides is 1. The van der Waals surface area contributed by atoms with Crippen molar-refractivity contribution < 1.29 is 18.1 Å². The minimum absolute atomic E-state index is 0.0494. The number of non-ortho nitro benzene ring substituents is 1. The van der Waals surface area contributed by atoms with Crippen molar-refractivity contribution in [3.63, 3.8) is 0 Å². The molecule has 0 unspecified atom stereocenters. The number of carbonyl (C=O) groups excluding carboxylic acids is 1. The SMILES string of the molecule is O=C(CC1CCCCC1)NCCNS(=O)(=O)c1ccc([N+](=O)[O-])cc1. The van der Waals surface area contributed by atoms with Crippen molar-refractivity contribution >= 4 is 21.6 Å². The molecule has 1 aromatic rings. The summed E-state index contributed by atoms with van der Waals surface area (Å²) in [5.74, 6) is 0.381. The molecule has 1 aliphatic carbocycles. The Bertz CT molecular complexity index is 697. The summed E-state index contributed by atoms with van der Waals surface area (Å²) in [4.78, 5) is 21.8. The summed E-state index contributed by atoms with van der Waals surface area (Å²) >= 11 is 0. The highest BCUT2D eigenvalue weighted by Gasteiger charge is 2.18. The smallest absolute Gasteiger partial charge is 0.269 e. The van der Waals surface area contributed by atoms with Crippen LogP contribution >= 0.6 is 0 Å². The van der Waals surface area contributed by atoms with Crippen molar-refractivity contribution in [2.45, 2.75) is 43.4 Å². The number of nitro benzene ring substituents is 1. The Kier molecular flexibility index (Phi) is 6.89. The first-order valence-corrected chi connectivity index (χ1v) is 9.87. The summed E-state index contributed by atoms with van der Waals surface area (Å²) < 4.78 is 26.5. The Balaban J connectivity index is 1.74. The topological polar surface area (TPSA) is 118 Å². The lowest BCUT2D eigenvalue weighted by atomic mass is 9.87. The van der Waals surface area contributed by atoms with E-state index < -0.39 is 14.9 Å². The lowest BCUT2D eigenvalue weighted by Crippen LogP contribution is -2.35. The maximum Gasteiger partial charge on any atom is 0.269 e. The van der Waals surface area contributed by atoms with Gasteiger partial charge in [0.1, 0.15) is 0 Å². The maximum absolute atomic E-state index is 12.1. The first kappa shape index (κ1) is 19.3. The Labute approximate surface area is 147 Å². The average Bonchev–Trinajstić information content (AvgIpc) is 2.60. The van der Waals surface area contributed by atoms with E-state index in [4.69, 9.17) is 0 Å². The van der Waals surface area contributed by atoms with Gasteiger partial charge in [-0.15, -0.1) is 0 Å². The minimum atomic E-state index is -3.75. The van der Waals surface area contributed by atoms with Gasteiger partial charge < -0.3 is 5.32 Å². The zero-order valence-corrected chi connectivity index (χ0v) is 14.8. The number of hydrogen-bond donors (Lipinski definition) is 2. The molecule has 2 N–H and O–H groups in total. The van der Waals surface area contributed by atoms with Crippen LogP contribution in [0.4, 0.5) is 5.69 Å². The number of hydrogen-bond acceptors (Lipinski definition) is 5.